The molecular formula is C10H18O6. The molecule has 2 atom stereocenters. The maximum Gasteiger partial charge on any atom is 0.347 e. The van der Waals surface area contributed by atoms with Gasteiger partial charge >= 0.3 is 11.9 Å². The molecule has 0 spiro atoms. The normalized spacial score (nSPS) is 14.0. The Bertz CT molecular complexity index is 227. The van der Waals surface area contributed by atoms with Crippen LogP contribution in [0.3, 0.4) is 0 Å². The summed E-state index contributed by atoms with van der Waals surface area (Å²) in [6.45, 7) is 3.21. The lowest BCUT2D eigenvalue weighted by molar-refractivity contribution is -0.242. The van der Waals surface area contributed by atoms with E-state index in [4.69, 9.17) is 5.26 Å². The lowest BCUT2D eigenvalue weighted by atomic mass is 9.96. The molecule has 0 bridgehead atoms. The van der Waals surface area contributed by atoms with Crippen LogP contribution in [0, 0.1) is 5.92 Å². The second kappa shape index (κ2) is 8.06. The van der Waals surface area contributed by atoms with Crippen molar-refractivity contribution in [1.29, 1.82) is 0 Å². The zero-order valence-corrected chi connectivity index (χ0v) is 9.51. The highest BCUT2D eigenvalue weighted by atomic mass is 17.1. The van der Waals surface area contributed by atoms with Crippen molar-refractivity contribution in [3.8, 4) is 0 Å². The van der Waals surface area contributed by atoms with Crippen LogP contribution in [-0.2, 0) is 19.2 Å². The Morgan fingerprint density at radius 1 is 1.38 bits per heavy atom. The Labute approximate surface area is 94.1 Å². The lowest BCUT2D eigenvalue weighted by Gasteiger charge is -2.17. The first-order valence-electron chi connectivity index (χ1n) is 5.19. The van der Waals surface area contributed by atoms with Crippen LogP contribution in [0.5, 0.6) is 0 Å². The van der Waals surface area contributed by atoms with E-state index in [1.54, 1.807) is 6.92 Å². The van der Waals surface area contributed by atoms with Gasteiger partial charge in [-0.1, -0.05) is 6.92 Å². The topological polar surface area (TPSA) is 93.1 Å². The van der Waals surface area contributed by atoms with Crippen molar-refractivity contribution in [2.45, 2.75) is 39.2 Å². The summed E-state index contributed by atoms with van der Waals surface area (Å²) >= 11 is 0. The van der Waals surface area contributed by atoms with Gasteiger partial charge in [0.1, 0.15) is 0 Å². The van der Waals surface area contributed by atoms with Gasteiger partial charge in [-0.05, 0) is 19.3 Å². The van der Waals surface area contributed by atoms with E-state index in [1.165, 1.54) is 6.92 Å². The summed E-state index contributed by atoms with van der Waals surface area (Å²) in [6.07, 6.45) is 0.227. The molecule has 0 heterocycles. The summed E-state index contributed by atoms with van der Waals surface area (Å²) in [4.78, 5) is 25.0. The van der Waals surface area contributed by atoms with E-state index in [9.17, 15) is 14.7 Å². The van der Waals surface area contributed by atoms with E-state index in [2.05, 4.69) is 9.62 Å². The fraction of sp³-hybridized carbons (Fsp3) is 0.800. The molecule has 0 aromatic rings. The first-order valence-corrected chi connectivity index (χ1v) is 5.19. The molecule has 0 saturated heterocycles. The van der Waals surface area contributed by atoms with Crippen LogP contribution in [0.25, 0.3) is 0 Å². The first-order chi connectivity index (χ1) is 7.52. The quantitative estimate of drug-likeness (QED) is 0.292. The number of aliphatic hydroxyl groups excluding tert-OH is 1. The average Bonchev–Trinajstić information content (AvgIpc) is 2.24. The van der Waals surface area contributed by atoms with E-state index in [-0.39, 0.29) is 12.6 Å². The molecule has 94 valence electrons. The molecule has 0 radical (unpaired) electrons. The van der Waals surface area contributed by atoms with Crippen molar-refractivity contribution in [2.75, 3.05) is 6.61 Å². The second-order valence-electron chi connectivity index (χ2n) is 3.47. The zero-order chi connectivity index (χ0) is 12.6. The van der Waals surface area contributed by atoms with Crippen molar-refractivity contribution >= 4 is 11.9 Å². The molecule has 6 nitrogen and oxygen atoms in total. The summed E-state index contributed by atoms with van der Waals surface area (Å²) in [7, 11) is 0. The molecule has 0 aliphatic heterocycles. The predicted octanol–water partition coefficient (Wildman–Crippen LogP) is 0.733. The Kier molecular flexibility index (Phi) is 7.49. The molecule has 0 fully saturated rings. The highest BCUT2D eigenvalue weighted by molar-refractivity contribution is 5.72. The number of carbonyl (C=O) groups excluding carboxylic acids is 2. The summed E-state index contributed by atoms with van der Waals surface area (Å²) in [6, 6.07) is 0. The minimum atomic E-state index is -0.903. The SMILES string of the molecule is CCC(C(=O)OO)[C@H](O)CCCOC(C)=O. The Hall–Kier alpha value is -1.14. The summed E-state index contributed by atoms with van der Waals surface area (Å²) in [5, 5.41) is 17.8. The van der Waals surface area contributed by atoms with Gasteiger partial charge in [0.15, 0.2) is 0 Å². The highest BCUT2D eigenvalue weighted by Gasteiger charge is 2.26. The number of esters is 1. The zero-order valence-electron chi connectivity index (χ0n) is 9.51. The Balaban J connectivity index is 3.88. The van der Waals surface area contributed by atoms with E-state index in [1.807, 2.05) is 0 Å². The van der Waals surface area contributed by atoms with Gasteiger partial charge in [-0.2, -0.15) is 5.26 Å². The molecule has 0 aromatic heterocycles. The summed E-state index contributed by atoms with van der Waals surface area (Å²) < 4.78 is 4.68. The van der Waals surface area contributed by atoms with Gasteiger partial charge in [0.2, 0.25) is 0 Å². The minimum Gasteiger partial charge on any atom is -0.466 e. The third-order valence-electron chi connectivity index (χ3n) is 2.25. The van der Waals surface area contributed by atoms with Crippen LogP contribution in [-0.4, -0.2) is 35.0 Å². The smallest absolute Gasteiger partial charge is 0.347 e. The van der Waals surface area contributed by atoms with Gasteiger partial charge in [-0.15, -0.1) is 0 Å². The first kappa shape index (κ1) is 14.9. The third-order valence-corrected chi connectivity index (χ3v) is 2.25. The van der Waals surface area contributed by atoms with Crippen LogP contribution < -0.4 is 0 Å². The molecular weight excluding hydrogens is 216 g/mol. The van der Waals surface area contributed by atoms with Crippen LogP contribution in [0.4, 0.5) is 0 Å². The minimum absolute atomic E-state index is 0.205. The number of aliphatic hydroxyl groups is 1. The van der Waals surface area contributed by atoms with Crippen molar-refractivity contribution in [1.82, 2.24) is 0 Å². The van der Waals surface area contributed by atoms with Crippen molar-refractivity contribution in [3.05, 3.63) is 0 Å². The molecule has 0 aromatic carbocycles. The van der Waals surface area contributed by atoms with E-state index in [0.717, 1.165) is 0 Å². The van der Waals surface area contributed by atoms with Gasteiger partial charge in [0.25, 0.3) is 0 Å². The molecule has 1 unspecified atom stereocenters. The number of carbonyl (C=O) groups is 2. The molecule has 0 aliphatic rings. The van der Waals surface area contributed by atoms with Gasteiger partial charge in [-0.25, -0.2) is 4.79 Å². The molecule has 2 N–H and O–H groups in total. The molecule has 0 rings (SSSR count). The monoisotopic (exact) mass is 234 g/mol. The molecule has 6 heteroatoms. The molecule has 0 amide bonds. The van der Waals surface area contributed by atoms with Gasteiger partial charge in [0.05, 0.1) is 18.6 Å². The van der Waals surface area contributed by atoms with Crippen LogP contribution in [0.1, 0.15) is 33.1 Å². The maximum atomic E-state index is 11.0. The van der Waals surface area contributed by atoms with E-state index >= 15 is 0 Å². The van der Waals surface area contributed by atoms with E-state index in [0.29, 0.717) is 19.3 Å². The highest BCUT2D eigenvalue weighted by Crippen LogP contribution is 2.15. The van der Waals surface area contributed by atoms with Crippen molar-refractivity contribution < 1.29 is 29.6 Å². The maximum absolute atomic E-state index is 11.0. The number of rotatable bonds is 7. The van der Waals surface area contributed by atoms with Gasteiger partial charge in [0, 0.05) is 6.92 Å². The molecule has 0 aliphatic carbocycles. The fourth-order valence-corrected chi connectivity index (χ4v) is 1.37. The Morgan fingerprint density at radius 3 is 2.44 bits per heavy atom. The van der Waals surface area contributed by atoms with E-state index < -0.39 is 18.0 Å². The van der Waals surface area contributed by atoms with Gasteiger partial charge in [-0.3, -0.25) is 4.79 Å². The Morgan fingerprint density at radius 2 is 2.00 bits per heavy atom. The van der Waals surface area contributed by atoms with Crippen LogP contribution in [0.2, 0.25) is 0 Å². The average molecular weight is 234 g/mol. The summed E-state index contributed by atoms with van der Waals surface area (Å²) in [5.41, 5.74) is 0. The predicted molar refractivity (Wildman–Crippen MR) is 54.4 cm³/mol. The largest absolute Gasteiger partial charge is 0.466 e. The van der Waals surface area contributed by atoms with Crippen molar-refractivity contribution in [2.24, 2.45) is 5.92 Å². The number of hydrogen-bond donors (Lipinski definition) is 2. The second-order valence-corrected chi connectivity index (χ2v) is 3.47. The van der Waals surface area contributed by atoms with Crippen molar-refractivity contribution in [3.63, 3.8) is 0 Å². The molecule has 0 saturated carbocycles. The van der Waals surface area contributed by atoms with Crippen LogP contribution >= 0.6 is 0 Å². The summed E-state index contributed by atoms with van der Waals surface area (Å²) in [5.74, 6) is -1.97. The standard InChI is InChI=1S/C10H18O6/c1-3-8(10(13)16-14)9(12)5-4-6-15-7(2)11/h8-9,12,14H,3-6H2,1-2H3/t8?,9-/m1/s1. The molecule has 16 heavy (non-hydrogen) atoms. The van der Waals surface area contributed by atoms with Crippen LogP contribution in [0.15, 0.2) is 0 Å². The van der Waals surface area contributed by atoms with Gasteiger partial charge < -0.3 is 14.7 Å². The lowest BCUT2D eigenvalue weighted by Crippen LogP contribution is -2.29. The number of hydrogen-bond acceptors (Lipinski definition) is 6. The fourth-order valence-electron chi connectivity index (χ4n) is 1.37. The third kappa shape index (κ3) is 5.67. The number of ether oxygens (including phenoxy) is 1.